The number of fused-ring (bicyclic) bond motifs is 1. The molecule has 0 saturated heterocycles. The molecule has 0 unspecified atom stereocenters. The highest BCUT2D eigenvalue weighted by atomic mass is 35.5. The predicted octanol–water partition coefficient (Wildman–Crippen LogP) is 3.77. The number of rotatable bonds is 7. The van der Waals surface area contributed by atoms with E-state index in [2.05, 4.69) is 15.5 Å². The van der Waals surface area contributed by atoms with E-state index in [9.17, 15) is 9.59 Å². The second-order valence-corrected chi connectivity index (χ2v) is 7.38. The van der Waals surface area contributed by atoms with Crippen molar-refractivity contribution in [1.82, 2.24) is 10.2 Å². The molecule has 1 aromatic heterocycles. The van der Waals surface area contributed by atoms with Gasteiger partial charge in [-0.05, 0) is 48.0 Å². The van der Waals surface area contributed by atoms with Gasteiger partial charge < -0.3 is 14.5 Å². The first kappa shape index (κ1) is 18.5. The summed E-state index contributed by atoms with van der Waals surface area (Å²) in [5.41, 5.74) is 2.14. The van der Waals surface area contributed by atoms with Crippen LogP contribution >= 0.6 is 23.4 Å². The van der Waals surface area contributed by atoms with Gasteiger partial charge in [-0.15, -0.1) is 10.2 Å². The van der Waals surface area contributed by atoms with Crippen LogP contribution in [-0.2, 0) is 17.8 Å². The van der Waals surface area contributed by atoms with E-state index in [0.29, 0.717) is 33.9 Å². The van der Waals surface area contributed by atoms with Gasteiger partial charge in [0.1, 0.15) is 5.75 Å². The fraction of sp³-hybridized carbons (Fsp3) is 0.158. The second-order valence-electron chi connectivity index (χ2n) is 6.01. The van der Waals surface area contributed by atoms with Crippen LogP contribution in [0.5, 0.6) is 5.75 Å². The Morgan fingerprint density at radius 3 is 2.86 bits per heavy atom. The molecule has 1 N–H and O–H groups in total. The van der Waals surface area contributed by atoms with Crippen molar-refractivity contribution < 1.29 is 18.7 Å². The van der Waals surface area contributed by atoms with Crippen LogP contribution in [-0.4, -0.2) is 27.6 Å². The Balaban J connectivity index is 1.30. The molecule has 4 rings (SSSR count). The highest BCUT2D eigenvalue weighted by Gasteiger charge is 2.19. The molecule has 0 radical (unpaired) electrons. The van der Waals surface area contributed by atoms with Crippen LogP contribution < -0.4 is 10.1 Å². The SMILES string of the molecule is O=C1Cc2cc(C(=O)CSc3nnc(COc4ccc(Cl)cc4)o3)ccc2N1. The monoisotopic (exact) mass is 415 g/mol. The van der Waals surface area contributed by atoms with E-state index in [1.807, 2.05) is 0 Å². The number of ketones is 1. The molecule has 1 aliphatic rings. The zero-order valence-electron chi connectivity index (χ0n) is 14.5. The number of halogens is 1. The molecule has 0 aliphatic carbocycles. The van der Waals surface area contributed by atoms with Gasteiger partial charge in [-0.3, -0.25) is 9.59 Å². The number of nitrogens with one attached hydrogen (secondary N) is 1. The topological polar surface area (TPSA) is 94.3 Å². The Morgan fingerprint density at radius 1 is 1.21 bits per heavy atom. The van der Waals surface area contributed by atoms with Crippen molar-refractivity contribution in [1.29, 1.82) is 0 Å². The molecule has 9 heteroatoms. The van der Waals surface area contributed by atoms with Crippen LogP contribution in [0.2, 0.25) is 5.02 Å². The summed E-state index contributed by atoms with van der Waals surface area (Å²) in [6.07, 6.45) is 0.296. The summed E-state index contributed by atoms with van der Waals surface area (Å²) in [7, 11) is 0. The molecule has 0 spiro atoms. The van der Waals surface area contributed by atoms with Gasteiger partial charge in [-0.2, -0.15) is 0 Å². The van der Waals surface area contributed by atoms with E-state index >= 15 is 0 Å². The average molecular weight is 416 g/mol. The number of ether oxygens (including phenoxy) is 1. The molecule has 2 heterocycles. The highest BCUT2D eigenvalue weighted by molar-refractivity contribution is 7.99. The summed E-state index contributed by atoms with van der Waals surface area (Å²) in [4.78, 5) is 23.8. The number of hydrogen-bond donors (Lipinski definition) is 1. The quantitative estimate of drug-likeness (QED) is 0.463. The largest absolute Gasteiger partial charge is 0.484 e. The molecule has 1 aliphatic heterocycles. The standard InChI is InChI=1S/C19H14ClN3O4S/c20-13-2-4-14(5-3-13)26-9-18-22-23-19(27-18)28-10-16(24)11-1-6-15-12(7-11)8-17(25)21-15/h1-7H,8-10H2,(H,21,25). The zero-order chi connectivity index (χ0) is 19.5. The van der Waals surface area contributed by atoms with E-state index in [1.54, 1.807) is 42.5 Å². The summed E-state index contributed by atoms with van der Waals surface area (Å²) < 4.78 is 11.0. The molecule has 142 valence electrons. The van der Waals surface area contributed by atoms with Gasteiger partial charge in [-0.1, -0.05) is 23.4 Å². The van der Waals surface area contributed by atoms with E-state index in [-0.39, 0.29) is 24.1 Å². The number of carbonyl (C=O) groups excluding carboxylic acids is 2. The first-order chi connectivity index (χ1) is 13.6. The average Bonchev–Trinajstić information content (AvgIpc) is 3.30. The predicted molar refractivity (Wildman–Crippen MR) is 104 cm³/mol. The number of hydrogen-bond acceptors (Lipinski definition) is 7. The molecule has 1 amide bonds. The molecule has 2 aromatic carbocycles. The number of amides is 1. The normalized spacial score (nSPS) is 12.5. The van der Waals surface area contributed by atoms with Crippen molar-refractivity contribution in [2.24, 2.45) is 0 Å². The highest BCUT2D eigenvalue weighted by Crippen LogP contribution is 2.25. The number of carbonyl (C=O) groups is 2. The minimum atomic E-state index is -0.0793. The van der Waals surface area contributed by atoms with Crippen molar-refractivity contribution in [3.05, 3.63) is 64.5 Å². The first-order valence-electron chi connectivity index (χ1n) is 8.36. The van der Waals surface area contributed by atoms with Crippen LogP contribution in [0.1, 0.15) is 21.8 Å². The van der Waals surface area contributed by atoms with Gasteiger partial charge in [0.05, 0.1) is 12.2 Å². The Bertz CT molecular complexity index is 1040. The molecule has 0 bridgehead atoms. The molecule has 7 nitrogen and oxygen atoms in total. The Kier molecular flexibility index (Phi) is 5.31. The zero-order valence-corrected chi connectivity index (χ0v) is 16.0. The number of nitrogens with zero attached hydrogens (tertiary/aromatic N) is 2. The minimum absolute atomic E-state index is 0.0619. The maximum absolute atomic E-state index is 12.4. The maximum Gasteiger partial charge on any atom is 0.277 e. The van der Waals surface area contributed by atoms with Crippen molar-refractivity contribution in [3.63, 3.8) is 0 Å². The molecule has 3 aromatic rings. The summed E-state index contributed by atoms with van der Waals surface area (Å²) in [6.45, 7) is 0.120. The van der Waals surface area contributed by atoms with Crippen LogP contribution in [0.4, 0.5) is 5.69 Å². The number of aromatic nitrogens is 2. The van der Waals surface area contributed by atoms with Gasteiger partial charge >= 0.3 is 0 Å². The van der Waals surface area contributed by atoms with Crippen molar-refractivity contribution in [3.8, 4) is 5.75 Å². The molecular weight excluding hydrogens is 402 g/mol. The molecule has 0 saturated carbocycles. The van der Waals surface area contributed by atoms with Crippen LogP contribution in [0.3, 0.4) is 0 Å². The molecule has 0 fully saturated rings. The van der Waals surface area contributed by atoms with Crippen LogP contribution in [0.25, 0.3) is 0 Å². The van der Waals surface area contributed by atoms with Gasteiger partial charge in [0.15, 0.2) is 12.4 Å². The smallest absolute Gasteiger partial charge is 0.277 e. The number of anilines is 1. The number of Topliss-reactive ketones (excluding diaryl/α,β-unsaturated/α-hetero) is 1. The van der Waals surface area contributed by atoms with Crippen LogP contribution in [0.15, 0.2) is 52.1 Å². The fourth-order valence-corrected chi connectivity index (χ4v) is 3.45. The third-order valence-corrected chi connectivity index (χ3v) is 5.07. The lowest BCUT2D eigenvalue weighted by atomic mass is 10.1. The summed E-state index contributed by atoms with van der Waals surface area (Å²) in [5, 5.41) is 11.5. The minimum Gasteiger partial charge on any atom is -0.484 e. The van der Waals surface area contributed by atoms with Crippen molar-refractivity contribution in [2.45, 2.75) is 18.3 Å². The van der Waals surface area contributed by atoms with E-state index in [4.69, 9.17) is 20.8 Å². The Hall–Kier alpha value is -2.84. The van der Waals surface area contributed by atoms with E-state index < -0.39 is 0 Å². The lowest BCUT2D eigenvalue weighted by molar-refractivity contribution is -0.115. The van der Waals surface area contributed by atoms with Gasteiger partial charge in [-0.25, -0.2) is 0 Å². The van der Waals surface area contributed by atoms with Gasteiger partial charge in [0.2, 0.25) is 5.91 Å². The van der Waals surface area contributed by atoms with Crippen LogP contribution in [0, 0.1) is 0 Å². The summed E-state index contributed by atoms with van der Waals surface area (Å²) >= 11 is 6.98. The third kappa shape index (κ3) is 4.35. The lowest BCUT2D eigenvalue weighted by Gasteiger charge is -2.03. The summed E-state index contributed by atoms with van der Waals surface area (Å²) in [5.74, 6) is 0.959. The van der Waals surface area contributed by atoms with Gasteiger partial charge in [0, 0.05) is 16.3 Å². The van der Waals surface area contributed by atoms with E-state index in [0.717, 1.165) is 23.0 Å². The maximum atomic E-state index is 12.4. The Morgan fingerprint density at radius 2 is 2.04 bits per heavy atom. The summed E-state index contributed by atoms with van der Waals surface area (Å²) in [6, 6.07) is 12.1. The molecule has 28 heavy (non-hydrogen) atoms. The number of benzene rings is 2. The molecule has 0 atom stereocenters. The van der Waals surface area contributed by atoms with Crippen molar-refractivity contribution in [2.75, 3.05) is 11.1 Å². The van der Waals surface area contributed by atoms with Crippen molar-refractivity contribution >= 4 is 40.7 Å². The molecular formula is C19H14ClN3O4S. The first-order valence-corrected chi connectivity index (χ1v) is 9.73. The van der Waals surface area contributed by atoms with Gasteiger partial charge in [0.25, 0.3) is 11.1 Å². The fourth-order valence-electron chi connectivity index (χ4n) is 2.64. The second kappa shape index (κ2) is 8.04. The Labute approximate surface area is 169 Å². The third-order valence-electron chi connectivity index (χ3n) is 4.00. The number of thioether (sulfide) groups is 1. The lowest BCUT2D eigenvalue weighted by Crippen LogP contribution is -2.03. The van der Waals surface area contributed by atoms with E-state index in [1.165, 1.54) is 0 Å².